The monoisotopic (exact) mass is 437 g/mol. The molecule has 0 amide bonds. The van der Waals surface area contributed by atoms with Crippen LogP contribution in [-0.2, 0) is 22.3 Å². The van der Waals surface area contributed by atoms with Crippen molar-refractivity contribution in [3.63, 3.8) is 0 Å². The lowest BCUT2D eigenvalue weighted by molar-refractivity contribution is -0.138. The summed E-state index contributed by atoms with van der Waals surface area (Å²) in [7, 11) is 1.34. The first-order valence-electron chi connectivity index (χ1n) is 8.82. The van der Waals surface area contributed by atoms with Crippen molar-refractivity contribution in [2.24, 2.45) is 0 Å². The van der Waals surface area contributed by atoms with Gasteiger partial charge in [-0.05, 0) is 55.5 Å². The molecule has 0 spiro atoms. The van der Waals surface area contributed by atoms with Crippen LogP contribution < -0.4 is 4.74 Å². The number of rotatable bonds is 7. The standard InChI is InChI=1S/C21H18F3NO4S/c1-13-18(11-28-16-7-9-17(10-8-16)30-12-19(26)27-2)29-20(25-13)14-3-5-15(6-4-14)21(22,23)24/h3-10H,11-12H2,1-2H3. The summed E-state index contributed by atoms with van der Waals surface area (Å²) < 4.78 is 54.1. The SMILES string of the molecule is COC(=O)CSc1ccc(OCc2oc(-c3ccc(C(F)(F)F)cc3)nc2C)cc1. The minimum atomic E-state index is -4.39. The third kappa shape index (κ3) is 5.56. The molecule has 0 fully saturated rings. The average molecular weight is 437 g/mol. The topological polar surface area (TPSA) is 61.6 Å². The molecule has 158 valence electrons. The van der Waals surface area contributed by atoms with E-state index in [1.165, 1.54) is 31.0 Å². The van der Waals surface area contributed by atoms with Gasteiger partial charge in [-0.3, -0.25) is 4.79 Å². The highest BCUT2D eigenvalue weighted by Crippen LogP contribution is 2.31. The molecule has 0 aliphatic heterocycles. The zero-order valence-electron chi connectivity index (χ0n) is 16.2. The number of methoxy groups -OCH3 is 1. The Balaban J connectivity index is 1.61. The van der Waals surface area contributed by atoms with E-state index in [0.29, 0.717) is 22.8 Å². The van der Waals surface area contributed by atoms with E-state index < -0.39 is 11.7 Å². The van der Waals surface area contributed by atoms with Crippen molar-refractivity contribution in [3.05, 3.63) is 65.5 Å². The van der Waals surface area contributed by atoms with Crippen LogP contribution in [0.5, 0.6) is 5.75 Å². The fourth-order valence-electron chi connectivity index (χ4n) is 2.47. The van der Waals surface area contributed by atoms with Crippen LogP contribution in [0.1, 0.15) is 17.0 Å². The van der Waals surface area contributed by atoms with E-state index in [0.717, 1.165) is 17.0 Å². The van der Waals surface area contributed by atoms with E-state index in [9.17, 15) is 18.0 Å². The summed E-state index contributed by atoms with van der Waals surface area (Å²) in [6.45, 7) is 1.86. The second kappa shape index (κ2) is 9.25. The third-order valence-electron chi connectivity index (χ3n) is 4.13. The molecule has 0 aliphatic rings. The molecule has 0 saturated heterocycles. The number of carbonyl (C=O) groups excluding carboxylic acids is 1. The molecule has 1 heterocycles. The zero-order chi connectivity index (χ0) is 21.7. The maximum absolute atomic E-state index is 12.7. The molecule has 5 nitrogen and oxygen atoms in total. The van der Waals surface area contributed by atoms with Crippen LogP contribution in [0.15, 0.2) is 57.8 Å². The van der Waals surface area contributed by atoms with Gasteiger partial charge in [-0.1, -0.05) is 0 Å². The molecule has 0 aliphatic carbocycles. The summed E-state index contributed by atoms with van der Waals surface area (Å²) in [4.78, 5) is 16.3. The van der Waals surface area contributed by atoms with E-state index in [2.05, 4.69) is 9.72 Å². The first kappa shape index (κ1) is 21.8. The number of ether oxygens (including phenoxy) is 2. The average Bonchev–Trinajstić information content (AvgIpc) is 3.11. The van der Waals surface area contributed by atoms with Crippen LogP contribution in [0.25, 0.3) is 11.5 Å². The Morgan fingerprint density at radius 3 is 2.37 bits per heavy atom. The van der Waals surface area contributed by atoms with Crippen molar-refractivity contribution in [3.8, 4) is 17.2 Å². The number of carbonyl (C=O) groups is 1. The van der Waals surface area contributed by atoms with Crippen molar-refractivity contribution in [2.45, 2.75) is 24.6 Å². The third-order valence-corrected chi connectivity index (χ3v) is 5.12. The van der Waals surface area contributed by atoms with Crippen LogP contribution in [0, 0.1) is 6.92 Å². The smallest absolute Gasteiger partial charge is 0.416 e. The van der Waals surface area contributed by atoms with Crippen LogP contribution in [0.4, 0.5) is 13.2 Å². The molecular formula is C21H18F3NO4S. The second-order valence-electron chi connectivity index (χ2n) is 6.23. The maximum atomic E-state index is 12.7. The minimum Gasteiger partial charge on any atom is -0.486 e. The van der Waals surface area contributed by atoms with Crippen molar-refractivity contribution in [1.82, 2.24) is 4.98 Å². The van der Waals surface area contributed by atoms with Gasteiger partial charge in [0.2, 0.25) is 5.89 Å². The van der Waals surface area contributed by atoms with Gasteiger partial charge in [0.25, 0.3) is 0 Å². The molecule has 0 radical (unpaired) electrons. The number of esters is 1. The number of nitrogens with zero attached hydrogens (tertiary/aromatic N) is 1. The Hall–Kier alpha value is -2.94. The lowest BCUT2D eigenvalue weighted by Gasteiger charge is -2.06. The first-order valence-corrected chi connectivity index (χ1v) is 9.81. The molecule has 2 aromatic carbocycles. The van der Waals surface area contributed by atoms with Crippen LogP contribution in [-0.4, -0.2) is 23.8 Å². The Labute approximate surface area is 175 Å². The molecule has 0 atom stereocenters. The van der Waals surface area contributed by atoms with Gasteiger partial charge in [-0.2, -0.15) is 13.2 Å². The predicted octanol–water partition coefficient (Wildman–Crippen LogP) is 5.51. The maximum Gasteiger partial charge on any atom is 0.416 e. The second-order valence-corrected chi connectivity index (χ2v) is 7.28. The largest absolute Gasteiger partial charge is 0.486 e. The number of oxazole rings is 1. The molecule has 0 N–H and O–H groups in total. The number of benzene rings is 2. The lowest BCUT2D eigenvalue weighted by atomic mass is 10.1. The van der Waals surface area contributed by atoms with Crippen molar-refractivity contribution < 1.29 is 31.9 Å². The highest BCUT2D eigenvalue weighted by Gasteiger charge is 2.30. The van der Waals surface area contributed by atoms with Gasteiger partial charge in [0.05, 0.1) is 24.1 Å². The molecular weight excluding hydrogens is 419 g/mol. The Morgan fingerprint density at radius 2 is 1.77 bits per heavy atom. The highest BCUT2D eigenvalue weighted by atomic mass is 32.2. The van der Waals surface area contributed by atoms with E-state index in [1.54, 1.807) is 19.1 Å². The van der Waals surface area contributed by atoms with Crippen LogP contribution >= 0.6 is 11.8 Å². The van der Waals surface area contributed by atoms with Gasteiger partial charge in [-0.25, -0.2) is 4.98 Å². The molecule has 30 heavy (non-hydrogen) atoms. The fourth-order valence-corrected chi connectivity index (χ4v) is 3.20. The molecule has 1 aromatic heterocycles. The van der Waals surface area contributed by atoms with Gasteiger partial charge in [0.15, 0.2) is 5.76 Å². The van der Waals surface area contributed by atoms with Crippen molar-refractivity contribution >= 4 is 17.7 Å². The first-order chi connectivity index (χ1) is 14.3. The van der Waals surface area contributed by atoms with Gasteiger partial charge < -0.3 is 13.9 Å². The Morgan fingerprint density at radius 1 is 1.10 bits per heavy atom. The number of alkyl halides is 3. The van der Waals surface area contributed by atoms with E-state index >= 15 is 0 Å². The summed E-state index contributed by atoms with van der Waals surface area (Å²) >= 11 is 1.35. The van der Waals surface area contributed by atoms with Crippen LogP contribution in [0.2, 0.25) is 0 Å². The van der Waals surface area contributed by atoms with Crippen molar-refractivity contribution in [1.29, 1.82) is 0 Å². The summed E-state index contributed by atoms with van der Waals surface area (Å²) in [6.07, 6.45) is -4.39. The molecule has 3 aromatic rings. The summed E-state index contributed by atoms with van der Waals surface area (Å²) in [5.74, 6) is 1.23. The highest BCUT2D eigenvalue weighted by molar-refractivity contribution is 8.00. The molecule has 0 bridgehead atoms. The summed E-state index contributed by atoms with van der Waals surface area (Å²) in [5, 5.41) is 0. The Kier molecular flexibility index (Phi) is 6.71. The number of aryl methyl sites for hydroxylation is 1. The van der Waals surface area contributed by atoms with E-state index in [-0.39, 0.29) is 24.2 Å². The zero-order valence-corrected chi connectivity index (χ0v) is 17.0. The normalized spacial score (nSPS) is 11.4. The quantitative estimate of drug-likeness (QED) is 0.359. The minimum absolute atomic E-state index is 0.119. The van der Waals surface area contributed by atoms with Gasteiger partial charge in [0, 0.05) is 10.5 Å². The molecule has 9 heteroatoms. The van der Waals surface area contributed by atoms with E-state index in [1.807, 2.05) is 12.1 Å². The fraction of sp³-hybridized carbons (Fsp3) is 0.238. The number of thioether (sulfide) groups is 1. The number of halogens is 3. The molecule has 0 saturated carbocycles. The molecule has 3 rings (SSSR count). The Bertz CT molecular complexity index is 999. The summed E-state index contributed by atoms with van der Waals surface area (Å²) in [5.41, 5.74) is 0.311. The van der Waals surface area contributed by atoms with E-state index in [4.69, 9.17) is 9.15 Å². The number of hydrogen-bond acceptors (Lipinski definition) is 6. The number of hydrogen-bond donors (Lipinski definition) is 0. The summed E-state index contributed by atoms with van der Waals surface area (Å²) in [6, 6.07) is 11.8. The van der Waals surface area contributed by atoms with Gasteiger partial charge >= 0.3 is 12.1 Å². The molecule has 0 unspecified atom stereocenters. The number of aromatic nitrogens is 1. The van der Waals surface area contributed by atoms with Gasteiger partial charge in [0.1, 0.15) is 12.4 Å². The van der Waals surface area contributed by atoms with Crippen LogP contribution in [0.3, 0.4) is 0 Å². The van der Waals surface area contributed by atoms with Crippen molar-refractivity contribution in [2.75, 3.05) is 12.9 Å². The van der Waals surface area contributed by atoms with Gasteiger partial charge in [-0.15, -0.1) is 11.8 Å². The predicted molar refractivity (Wildman–Crippen MR) is 105 cm³/mol. The lowest BCUT2D eigenvalue weighted by Crippen LogP contribution is -2.03.